The lowest BCUT2D eigenvalue weighted by molar-refractivity contribution is 0.354. The van der Waals surface area contributed by atoms with Crippen LogP contribution >= 0.6 is 0 Å². The van der Waals surface area contributed by atoms with Gasteiger partial charge >= 0.3 is 0 Å². The Morgan fingerprint density at radius 2 is 2.23 bits per heavy atom. The highest BCUT2D eigenvalue weighted by molar-refractivity contribution is 5.51. The SMILES string of the molecule is N[C@H]1CCc2c1ccc1c2OCC1. The van der Waals surface area contributed by atoms with Gasteiger partial charge in [-0.1, -0.05) is 12.1 Å². The molecule has 0 amide bonds. The number of nitrogens with two attached hydrogens (primary N) is 1. The second-order valence-corrected chi connectivity index (χ2v) is 3.87. The minimum atomic E-state index is 0.240. The molecule has 1 aromatic carbocycles. The molecule has 0 aromatic heterocycles. The van der Waals surface area contributed by atoms with Gasteiger partial charge in [0.05, 0.1) is 6.61 Å². The van der Waals surface area contributed by atoms with Gasteiger partial charge in [-0.3, -0.25) is 0 Å². The van der Waals surface area contributed by atoms with E-state index in [-0.39, 0.29) is 6.04 Å². The molecule has 1 aromatic rings. The summed E-state index contributed by atoms with van der Waals surface area (Å²) in [5.74, 6) is 1.14. The topological polar surface area (TPSA) is 35.2 Å². The molecular formula is C11H13NO. The van der Waals surface area contributed by atoms with Gasteiger partial charge in [0.2, 0.25) is 0 Å². The largest absolute Gasteiger partial charge is 0.493 e. The van der Waals surface area contributed by atoms with Gasteiger partial charge < -0.3 is 10.5 Å². The molecular weight excluding hydrogens is 162 g/mol. The summed E-state index contributed by atoms with van der Waals surface area (Å²) < 4.78 is 5.63. The molecule has 1 atom stereocenters. The van der Waals surface area contributed by atoms with Crippen molar-refractivity contribution in [1.29, 1.82) is 0 Å². The van der Waals surface area contributed by atoms with Crippen LogP contribution in [0.25, 0.3) is 0 Å². The van der Waals surface area contributed by atoms with Crippen LogP contribution in [0.5, 0.6) is 5.75 Å². The quantitative estimate of drug-likeness (QED) is 0.649. The van der Waals surface area contributed by atoms with Crippen molar-refractivity contribution in [1.82, 2.24) is 0 Å². The number of hydrogen-bond donors (Lipinski definition) is 1. The van der Waals surface area contributed by atoms with Crippen LogP contribution in [0.4, 0.5) is 0 Å². The van der Waals surface area contributed by atoms with E-state index in [1.54, 1.807) is 0 Å². The second kappa shape index (κ2) is 2.48. The van der Waals surface area contributed by atoms with Crippen LogP contribution < -0.4 is 10.5 Å². The van der Waals surface area contributed by atoms with Crippen LogP contribution in [0.3, 0.4) is 0 Å². The summed E-state index contributed by atoms with van der Waals surface area (Å²) in [5, 5.41) is 0. The van der Waals surface area contributed by atoms with E-state index in [2.05, 4.69) is 12.1 Å². The molecule has 2 nitrogen and oxygen atoms in total. The van der Waals surface area contributed by atoms with Crippen LogP contribution in [-0.4, -0.2) is 6.61 Å². The van der Waals surface area contributed by atoms with E-state index in [0.29, 0.717) is 0 Å². The normalized spacial score (nSPS) is 23.9. The molecule has 0 radical (unpaired) electrons. The number of ether oxygens (including phenoxy) is 1. The van der Waals surface area contributed by atoms with Crippen LogP contribution in [0.2, 0.25) is 0 Å². The maximum atomic E-state index is 5.98. The van der Waals surface area contributed by atoms with Crippen LogP contribution in [-0.2, 0) is 12.8 Å². The molecule has 0 spiro atoms. The van der Waals surface area contributed by atoms with E-state index in [0.717, 1.165) is 31.6 Å². The van der Waals surface area contributed by atoms with Crippen molar-refractivity contribution in [2.75, 3.05) is 6.61 Å². The van der Waals surface area contributed by atoms with Crippen LogP contribution in [0, 0.1) is 0 Å². The van der Waals surface area contributed by atoms with Gasteiger partial charge in [-0.25, -0.2) is 0 Å². The molecule has 1 aliphatic heterocycles. The summed E-state index contributed by atoms with van der Waals surface area (Å²) in [6.45, 7) is 0.848. The summed E-state index contributed by atoms with van der Waals surface area (Å²) in [6, 6.07) is 4.59. The molecule has 0 saturated carbocycles. The number of fused-ring (bicyclic) bond motifs is 3. The van der Waals surface area contributed by atoms with E-state index in [1.165, 1.54) is 16.7 Å². The highest BCUT2D eigenvalue weighted by atomic mass is 16.5. The lowest BCUT2D eigenvalue weighted by Gasteiger charge is -2.07. The molecule has 2 N–H and O–H groups in total. The molecule has 3 rings (SSSR count). The Hall–Kier alpha value is -1.02. The molecule has 1 aliphatic carbocycles. The molecule has 0 unspecified atom stereocenters. The van der Waals surface area contributed by atoms with Gasteiger partial charge in [-0.15, -0.1) is 0 Å². The van der Waals surface area contributed by atoms with Crippen molar-refractivity contribution >= 4 is 0 Å². The second-order valence-electron chi connectivity index (χ2n) is 3.87. The fraction of sp³-hybridized carbons (Fsp3) is 0.455. The zero-order valence-corrected chi connectivity index (χ0v) is 7.55. The van der Waals surface area contributed by atoms with Crippen molar-refractivity contribution in [2.45, 2.75) is 25.3 Å². The monoisotopic (exact) mass is 175 g/mol. The first kappa shape index (κ1) is 7.39. The average molecular weight is 175 g/mol. The first-order valence-electron chi connectivity index (χ1n) is 4.89. The minimum absolute atomic E-state index is 0.240. The van der Waals surface area contributed by atoms with Crippen molar-refractivity contribution < 1.29 is 4.74 Å². The third-order valence-electron chi connectivity index (χ3n) is 3.10. The first-order chi connectivity index (χ1) is 6.36. The smallest absolute Gasteiger partial charge is 0.126 e. The summed E-state index contributed by atoms with van der Waals surface area (Å²) in [4.78, 5) is 0. The Balaban J connectivity index is 2.21. The van der Waals surface area contributed by atoms with Crippen molar-refractivity contribution in [2.24, 2.45) is 5.73 Å². The van der Waals surface area contributed by atoms with E-state index < -0.39 is 0 Å². The Morgan fingerprint density at radius 1 is 1.31 bits per heavy atom. The van der Waals surface area contributed by atoms with Gasteiger partial charge in [0, 0.05) is 12.5 Å². The van der Waals surface area contributed by atoms with Crippen LogP contribution in [0.15, 0.2) is 12.1 Å². The average Bonchev–Trinajstić information content (AvgIpc) is 2.70. The summed E-state index contributed by atoms with van der Waals surface area (Å²) in [6.07, 6.45) is 3.24. The fourth-order valence-corrected chi connectivity index (χ4v) is 2.39. The predicted molar refractivity (Wildman–Crippen MR) is 50.9 cm³/mol. The van der Waals surface area contributed by atoms with Crippen molar-refractivity contribution in [3.8, 4) is 5.75 Å². The van der Waals surface area contributed by atoms with E-state index >= 15 is 0 Å². The lowest BCUT2D eigenvalue weighted by Crippen LogP contribution is -2.04. The lowest BCUT2D eigenvalue weighted by atomic mass is 10.0. The highest BCUT2D eigenvalue weighted by Crippen LogP contribution is 2.40. The zero-order valence-electron chi connectivity index (χ0n) is 7.55. The summed E-state index contributed by atoms with van der Waals surface area (Å²) in [7, 11) is 0. The third-order valence-corrected chi connectivity index (χ3v) is 3.10. The van der Waals surface area contributed by atoms with Crippen molar-refractivity contribution in [3.05, 3.63) is 28.8 Å². The van der Waals surface area contributed by atoms with Gasteiger partial charge in [-0.2, -0.15) is 0 Å². The van der Waals surface area contributed by atoms with Gasteiger partial charge in [0.15, 0.2) is 0 Å². The first-order valence-corrected chi connectivity index (χ1v) is 4.89. The predicted octanol–water partition coefficient (Wildman–Crippen LogP) is 1.57. The van der Waals surface area contributed by atoms with E-state index in [9.17, 15) is 0 Å². The molecule has 0 bridgehead atoms. The van der Waals surface area contributed by atoms with Gasteiger partial charge in [0.1, 0.15) is 5.75 Å². The third kappa shape index (κ3) is 0.923. The molecule has 0 saturated heterocycles. The molecule has 68 valence electrons. The molecule has 13 heavy (non-hydrogen) atoms. The Bertz CT molecular complexity index is 359. The minimum Gasteiger partial charge on any atom is -0.493 e. The van der Waals surface area contributed by atoms with E-state index in [4.69, 9.17) is 10.5 Å². The maximum Gasteiger partial charge on any atom is 0.126 e. The van der Waals surface area contributed by atoms with Crippen molar-refractivity contribution in [3.63, 3.8) is 0 Å². The highest BCUT2D eigenvalue weighted by Gasteiger charge is 2.26. The molecule has 2 heteroatoms. The Labute approximate surface area is 77.7 Å². The summed E-state index contributed by atoms with van der Waals surface area (Å²) in [5.41, 5.74) is 10.0. The Kier molecular flexibility index (Phi) is 1.41. The Morgan fingerprint density at radius 3 is 3.15 bits per heavy atom. The van der Waals surface area contributed by atoms with Gasteiger partial charge in [-0.05, 0) is 29.5 Å². The van der Waals surface area contributed by atoms with E-state index in [1.807, 2.05) is 0 Å². The number of benzene rings is 1. The standard InChI is InChI=1S/C11H13NO/c12-10-4-3-9-8(10)2-1-7-5-6-13-11(7)9/h1-2,10H,3-6,12H2/t10-/m0/s1. The van der Waals surface area contributed by atoms with Gasteiger partial charge in [0.25, 0.3) is 0 Å². The zero-order chi connectivity index (χ0) is 8.84. The number of rotatable bonds is 0. The fourth-order valence-electron chi connectivity index (χ4n) is 2.39. The molecule has 1 heterocycles. The maximum absolute atomic E-state index is 5.98. The molecule has 0 fully saturated rings. The number of hydrogen-bond acceptors (Lipinski definition) is 2. The van der Waals surface area contributed by atoms with Crippen LogP contribution in [0.1, 0.15) is 29.2 Å². The summed E-state index contributed by atoms with van der Waals surface area (Å²) >= 11 is 0. The molecule has 2 aliphatic rings.